The Bertz CT molecular complexity index is 698. The number of hydrogen-bond acceptors (Lipinski definition) is 2. The molecule has 2 aromatic rings. The van der Waals surface area contributed by atoms with E-state index in [2.05, 4.69) is 21.2 Å². The van der Waals surface area contributed by atoms with Crippen molar-refractivity contribution in [1.82, 2.24) is 10.2 Å². The van der Waals surface area contributed by atoms with Crippen LogP contribution in [0.2, 0.25) is 0 Å². The number of benzene rings is 2. The summed E-state index contributed by atoms with van der Waals surface area (Å²) < 4.78 is 0.998. The first-order chi connectivity index (χ1) is 9.88. The second-order valence-electron chi connectivity index (χ2n) is 5.13. The number of halogens is 1. The lowest BCUT2D eigenvalue weighted by Gasteiger charge is -2.18. The van der Waals surface area contributed by atoms with Crippen molar-refractivity contribution in [2.24, 2.45) is 0 Å². The van der Waals surface area contributed by atoms with E-state index >= 15 is 0 Å². The van der Waals surface area contributed by atoms with E-state index in [1.165, 1.54) is 4.90 Å². The third-order valence-corrected chi connectivity index (χ3v) is 3.72. The molecular weight excluding hydrogens is 332 g/mol. The van der Waals surface area contributed by atoms with Crippen molar-refractivity contribution in [3.63, 3.8) is 0 Å². The van der Waals surface area contributed by atoms with E-state index in [9.17, 15) is 9.59 Å². The van der Waals surface area contributed by atoms with Gasteiger partial charge in [0.1, 0.15) is 6.04 Å². The van der Waals surface area contributed by atoms with Crippen LogP contribution in [0.4, 0.5) is 0 Å². The first-order valence-corrected chi connectivity index (χ1v) is 7.39. The SMILES string of the molecule is CC(NC(=O)c1ccc2cc(Br)ccc2c1)C(=O)N(C)C. The first-order valence-electron chi connectivity index (χ1n) is 6.60. The molecule has 0 spiro atoms. The molecule has 0 aliphatic rings. The normalized spacial score (nSPS) is 12.0. The van der Waals surface area contributed by atoms with Crippen LogP contribution in [0.5, 0.6) is 0 Å². The highest BCUT2D eigenvalue weighted by atomic mass is 79.9. The van der Waals surface area contributed by atoms with Gasteiger partial charge in [-0.05, 0) is 42.0 Å². The Morgan fingerprint density at radius 2 is 1.71 bits per heavy atom. The van der Waals surface area contributed by atoms with Crippen LogP contribution in [-0.4, -0.2) is 36.9 Å². The van der Waals surface area contributed by atoms with E-state index in [0.717, 1.165) is 15.2 Å². The molecule has 0 bridgehead atoms. The maximum atomic E-state index is 12.2. The van der Waals surface area contributed by atoms with E-state index in [1.54, 1.807) is 27.1 Å². The number of rotatable bonds is 3. The predicted molar refractivity (Wildman–Crippen MR) is 87.3 cm³/mol. The van der Waals surface area contributed by atoms with Gasteiger partial charge in [0.05, 0.1) is 0 Å². The Morgan fingerprint density at radius 3 is 2.38 bits per heavy atom. The molecule has 0 saturated heterocycles. The van der Waals surface area contributed by atoms with Gasteiger partial charge in [-0.25, -0.2) is 0 Å². The first kappa shape index (κ1) is 15.5. The lowest BCUT2D eigenvalue weighted by molar-refractivity contribution is -0.130. The largest absolute Gasteiger partial charge is 0.347 e. The van der Waals surface area contributed by atoms with Crippen LogP contribution >= 0.6 is 15.9 Å². The van der Waals surface area contributed by atoms with E-state index in [-0.39, 0.29) is 11.8 Å². The fraction of sp³-hybridized carbons (Fsp3) is 0.250. The molecule has 1 unspecified atom stereocenters. The molecular formula is C16H17BrN2O2. The molecule has 0 aliphatic heterocycles. The standard InChI is InChI=1S/C16H17BrN2O2/c1-10(16(21)19(2)3)18-15(20)13-5-4-12-9-14(17)7-6-11(12)8-13/h4-10H,1-3H3,(H,18,20). The summed E-state index contributed by atoms with van der Waals surface area (Å²) in [6.45, 7) is 1.68. The zero-order chi connectivity index (χ0) is 15.6. The van der Waals surface area contributed by atoms with Crippen molar-refractivity contribution in [1.29, 1.82) is 0 Å². The minimum Gasteiger partial charge on any atom is -0.347 e. The van der Waals surface area contributed by atoms with Crippen LogP contribution in [0.3, 0.4) is 0 Å². The molecule has 0 saturated carbocycles. The molecule has 0 fully saturated rings. The number of fused-ring (bicyclic) bond motifs is 1. The van der Waals surface area contributed by atoms with Crippen molar-refractivity contribution in [2.45, 2.75) is 13.0 Å². The van der Waals surface area contributed by atoms with Gasteiger partial charge in [0, 0.05) is 24.1 Å². The van der Waals surface area contributed by atoms with Gasteiger partial charge in [-0.15, -0.1) is 0 Å². The maximum Gasteiger partial charge on any atom is 0.251 e. The molecule has 1 N–H and O–H groups in total. The van der Waals surface area contributed by atoms with Crippen LogP contribution < -0.4 is 5.32 Å². The summed E-state index contributed by atoms with van der Waals surface area (Å²) in [4.78, 5) is 25.4. The monoisotopic (exact) mass is 348 g/mol. The number of nitrogens with zero attached hydrogens (tertiary/aromatic N) is 1. The Hall–Kier alpha value is -1.88. The number of amides is 2. The maximum absolute atomic E-state index is 12.2. The lowest BCUT2D eigenvalue weighted by atomic mass is 10.1. The Morgan fingerprint density at radius 1 is 1.10 bits per heavy atom. The third-order valence-electron chi connectivity index (χ3n) is 3.22. The van der Waals surface area contributed by atoms with Crippen LogP contribution in [0.15, 0.2) is 40.9 Å². The van der Waals surface area contributed by atoms with Gasteiger partial charge in [-0.1, -0.05) is 28.1 Å². The van der Waals surface area contributed by atoms with Gasteiger partial charge in [0.15, 0.2) is 0 Å². The minimum atomic E-state index is -0.548. The van der Waals surface area contributed by atoms with Crippen molar-refractivity contribution < 1.29 is 9.59 Å². The number of nitrogens with one attached hydrogen (secondary N) is 1. The summed E-state index contributed by atoms with van der Waals surface area (Å²) in [7, 11) is 3.33. The molecule has 1 atom stereocenters. The average molecular weight is 349 g/mol. The summed E-state index contributed by atoms with van der Waals surface area (Å²) in [5.74, 6) is -0.379. The van der Waals surface area contributed by atoms with Crippen molar-refractivity contribution in [3.05, 3.63) is 46.4 Å². The minimum absolute atomic E-state index is 0.131. The smallest absolute Gasteiger partial charge is 0.251 e. The molecule has 0 heterocycles. The number of likely N-dealkylation sites (N-methyl/N-ethyl adjacent to an activating group) is 1. The molecule has 21 heavy (non-hydrogen) atoms. The summed E-state index contributed by atoms with van der Waals surface area (Å²) >= 11 is 3.42. The van der Waals surface area contributed by atoms with Crippen LogP contribution in [-0.2, 0) is 4.79 Å². The summed E-state index contributed by atoms with van der Waals surface area (Å²) in [6.07, 6.45) is 0. The van der Waals surface area contributed by atoms with Crippen molar-refractivity contribution in [2.75, 3.05) is 14.1 Å². The van der Waals surface area contributed by atoms with E-state index in [1.807, 2.05) is 30.3 Å². The average Bonchev–Trinajstić information content (AvgIpc) is 2.45. The molecule has 2 aromatic carbocycles. The zero-order valence-corrected chi connectivity index (χ0v) is 13.8. The fourth-order valence-corrected chi connectivity index (χ4v) is 2.47. The number of carbonyl (C=O) groups is 2. The van der Waals surface area contributed by atoms with E-state index < -0.39 is 6.04 Å². The van der Waals surface area contributed by atoms with Gasteiger partial charge >= 0.3 is 0 Å². The summed E-state index contributed by atoms with van der Waals surface area (Å²) in [5.41, 5.74) is 0.545. The van der Waals surface area contributed by atoms with E-state index in [4.69, 9.17) is 0 Å². The van der Waals surface area contributed by atoms with Gasteiger partial charge in [-0.3, -0.25) is 9.59 Å². The van der Waals surface area contributed by atoms with Crippen molar-refractivity contribution in [3.8, 4) is 0 Å². The number of carbonyl (C=O) groups excluding carboxylic acids is 2. The highest BCUT2D eigenvalue weighted by Gasteiger charge is 2.18. The zero-order valence-electron chi connectivity index (χ0n) is 12.2. The molecule has 4 nitrogen and oxygen atoms in total. The van der Waals surface area contributed by atoms with Crippen molar-refractivity contribution >= 4 is 38.5 Å². The molecule has 2 rings (SSSR count). The Balaban J connectivity index is 2.20. The Labute approximate surface area is 132 Å². The fourth-order valence-electron chi connectivity index (χ4n) is 2.09. The Kier molecular flexibility index (Phi) is 4.63. The van der Waals surface area contributed by atoms with Gasteiger partial charge in [0.2, 0.25) is 5.91 Å². The highest BCUT2D eigenvalue weighted by Crippen LogP contribution is 2.21. The van der Waals surface area contributed by atoms with Gasteiger partial charge < -0.3 is 10.2 Å². The molecule has 0 aromatic heterocycles. The highest BCUT2D eigenvalue weighted by molar-refractivity contribution is 9.10. The van der Waals surface area contributed by atoms with E-state index in [0.29, 0.717) is 5.56 Å². The second-order valence-corrected chi connectivity index (χ2v) is 6.05. The van der Waals surface area contributed by atoms with Crippen LogP contribution in [0, 0.1) is 0 Å². The molecule has 2 amide bonds. The molecule has 0 aliphatic carbocycles. The van der Waals surface area contributed by atoms with Gasteiger partial charge in [-0.2, -0.15) is 0 Å². The van der Waals surface area contributed by atoms with Crippen LogP contribution in [0.25, 0.3) is 10.8 Å². The second kappa shape index (κ2) is 6.26. The summed E-state index contributed by atoms with van der Waals surface area (Å²) in [5, 5.41) is 4.75. The third kappa shape index (κ3) is 3.61. The van der Waals surface area contributed by atoms with Crippen LogP contribution in [0.1, 0.15) is 17.3 Å². The predicted octanol–water partition coefficient (Wildman–Crippen LogP) is 2.81. The molecule has 0 radical (unpaired) electrons. The summed E-state index contributed by atoms with van der Waals surface area (Å²) in [6, 6.07) is 10.8. The molecule has 5 heteroatoms. The van der Waals surface area contributed by atoms with Gasteiger partial charge in [0.25, 0.3) is 5.91 Å². The molecule has 110 valence electrons. The topological polar surface area (TPSA) is 49.4 Å². The quantitative estimate of drug-likeness (QED) is 0.927. The number of hydrogen-bond donors (Lipinski definition) is 1. The lowest BCUT2D eigenvalue weighted by Crippen LogP contribution is -2.44.